The number of nitrogens with zero attached hydrogens (tertiary/aromatic N) is 7. The smallest absolute Gasteiger partial charge is 0.255 e. The molecule has 2 aromatic heterocycles. The zero-order chi connectivity index (χ0) is 34.0. The lowest BCUT2D eigenvalue weighted by molar-refractivity contribution is -0.128. The Balaban J connectivity index is 1.24. The van der Waals surface area contributed by atoms with Gasteiger partial charge in [0.2, 0.25) is 0 Å². The Kier molecular flexibility index (Phi) is 9.78. The molecule has 2 aromatic carbocycles. The van der Waals surface area contributed by atoms with Crippen LogP contribution in [0.5, 0.6) is 11.5 Å². The van der Waals surface area contributed by atoms with Gasteiger partial charge in [-0.3, -0.25) is 9.69 Å². The summed E-state index contributed by atoms with van der Waals surface area (Å²) in [5, 5.41) is 13.4. The molecule has 0 spiro atoms. The van der Waals surface area contributed by atoms with Gasteiger partial charge in [-0.05, 0) is 51.0 Å². The summed E-state index contributed by atoms with van der Waals surface area (Å²) < 4.78 is 37.0. The van der Waals surface area contributed by atoms with E-state index in [1.165, 1.54) is 12.4 Å². The Morgan fingerprint density at radius 3 is 2.54 bits per heavy atom. The highest BCUT2D eigenvalue weighted by molar-refractivity contribution is 7.88. The second kappa shape index (κ2) is 14.0. The van der Waals surface area contributed by atoms with Crippen LogP contribution >= 0.6 is 0 Å². The van der Waals surface area contributed by atoms with E-state index in [2.05, 4.69) is 14.9 Å². The SMILES string of the molecule is C[S+]([O-])N1CCN(C(C)(C)/C=C(\C=N)C(=O)N2CCCC(n3nc(-c4ccc(Oc5ccccc5)cc4F)c4c(N)ncnc43)C2)CC1. The zero-order valence-corrected chi connectivity index (χ0v) is 28.1. The molecule has 2 aliphatic rings. The molecule has 12 nitrogen and oxygen atoms in total. The van der Waals surface area contributed by atoms with Crippen molar-refractivity contribution in [1.82, 2.24) is 33.9 Å². The van der Waals surface area contributed by atoms with E-state index in [-0.39, 0.29) is 23.3 Å². The van der Waals surface area contributed by atoms with Gasteiger partial charge in [0, 0.05) is 60.9 Å². The maximum absolute atomic E-state index is 15.7. The molecule has 2 aliphatic heterocycles. The molecule has 3 N–H and O–H groups in total. The molecule has 48 heavy (non-hydrogen) atoms. The van der Waals surface area contributed by atoms with E-state index >= 15 is 4.39 Å². The first-order valence-corrected chi connectivity index (χ1v) is 17.4. The topological polar surface area (TPSA) is 153 Å². The van der Waals surface area contributed by atoms with Crippen molar-refractivity contribution in [2.45, 2.75) is 38.3 Å². The highest BCUT2D eigenvalue weighted by Gasteiger charge is 2.34. The molecule has 2 unspecified atom stereocenters. The lowest BCUT2D eigenvalue weighted by atomic mass is 9.96. The summed E-state index contributed by atoms with van der Waals surface area (Å²) >= 11 is -1.02. The minimum absolute atomic E-state index is 0.177. The van der Waals surface area contributed by atoms with Gasteiger partial charge in [0.25, 0.3) is 5.91 Å². The Morgan fingerprint density at radius 1 is 1.10 bits per heavy atom. The van der Waals surface area contributed by atoms with Crippen molar-refractivity contribution in [1.29, 1.82) is 5.41 Å². The standard InChI is InChI=1S/C34H40FN9O3S/c1-34(2,42-14-16-43(17-15-42)48(3)46)19-23(20-36)33(45)41-13-7-8-24(21-41)44-32-29(31(37)38-22-39-32)30(40-44)27-12-11-26(18-28(27)35)47-25-9-5-4-6-10-25/h4-6,9-12,18-20,22,24,36H,7-8,13-17,21H2,1-3H3,(H2,37,38,39)/b23-19+,36-20?. The molecular formula is C34H40FN9O3S. The van der Waals surface area contributed by atoms with Gasteiger partial charge in [-0.15, -0.1) is 4.31 Å². The van der Waals surface area contributed by atoms with E-state index in [1.54, 1.807) is 40.1 Å². The number of carbonyl (C=O) groups is 1. The molecule has 252 valence electrons. The van der Waals surface area contributed by atoms with Crippen LogP contribution in [-0.4, -0.2) is 102 Å². The van der Waals surface area contributed by atoms with Crippen molar-refractivity contribution in [3.05, 3.63) is 72.3 Å². The molecule has 6 rings (SSSR count). The number of carbonyl (C=O) groups excluding carboxylic acids is 1. The number of aromatic nitrogens is 4. The second-order valence-corrected chi connectivity index (χ2v) is 14.0. The third kappa shape index (κ3) is 6.92. The van der Waals surface area contributed by atoms with Crippen LogP contribution in [0.2, 0.25) is 0 Å². The van der Waals surface area contributed by atoms with E-state index in [9.17, 15) is 9.35 Å². The molecule has 0 radical (unpaired) electrons. The normalized spacial score (nSPS) is 19.0. The molecule has 0 aliphatic carbocycles. The molecule has 2 atom stereocenters. The van der Waals surface area contributed by atoms with Gasteiger partial charge in [-0.25, -0.2) is 19.0 Å². The van der Waals surface area contributed by atoms with Crippen LogP contribution in [-0.2, 0) is 16.2 Å². The van der Waals surface area contributed by atoms with Crippen molar-refractivity contribution < 1.29 is 18.5 Å². The molecule has 2 fully saturated rings. The lowest BCUT2D eigenvalue weighted by Crippen LogP contribution is -2.55. The van der Waals surface area contributed by atoms with Crippen molar-refractivity contribution in [3.63, 3.8) is 0 Å². The predicted octanol–water partition coefficient (Wildman–Crippen LogP) is 4.44. The summed E-state index contributed by atoms with van der Waals surface area (Å²) in [5.41, 5.74) is 7.13. The van der Waals surface area contributed by atoms with Gasteiger partial charge in [-0.2, -0.15) is 5.10 Å². The summed E-state index contributed by atoms with van der Waals surface area (Å²) in [5.74, 6) is 0.339. The van der Waals surface area contributed by atoms with E-state index in [0.29, 0.717) is 85.9 Å². The highest BCUT2D eigenvalue weighted by Crippen LogP contribution is 2.36. The van der Waals surface area contributed by atoms with Crippen molar-refractivity contribution in [2.24, 2.45) is 0 Å². The molecule has 0 saturated carbocycles. The number of rotatable bonds is 9. The summed E-state index contributed by atoms with van der Waals surface area (Å²) in [7, 11) is 0. The summed E-state index contributed by atoms with van der Waals surface area (Å²) in [4.78, 5) is 26.5. The number of hydrogen-bond acceptors (Lipinski definition) is 10. The fourth-order valence-corrected chi connectivity index (χ4v) is 7.17. The van der Waals surface area contributed by atoms with E-state index in [0.717, 1.165) is 6.21 Å². The number of halogens is 1. The van der Waals surface area contributed by atoms with E-state index in [4.69, 9.17) is 21.0 Å². The van der Waals surface area contributed by atoms with Crippen LogP contribution in [0.4, 0.5) is 10.2 Å². The Hall–Kier alpha value is -4.37. The fraction of sp³-hybridized carbons (Fsp3) is 0.382. The molecular weight excluding hydrogens is 633 g/mol. The van der Waals surface area contributed by atoms with Crippen LogP contribution in [0.25, 0.3) is 22.3 Å². The minimum Gasteiger partial charge on any atom is -0.598 e. The first kappa shape index (κ1) is 33.5. The van der Waals surface area contributed by atoms with E-state index < -0.39 is 22.7 Å². The van der Waals surface area contributed by atoms with Crippen LogP contribution in [0, 0.1) is 11.2 Å². The number of piperidine rings is 1. The summed E-state index contributed by atoms with van der Waals surface area (Å²) in [6.07, 6.45) is 7.44. The average molecular weight is 674 g/mol. The number of nitrogens with one attached hydrogen (secondary N) is 1. The molecule has 4 aromatic rings. The van der Waals surface area contributed by atoms with Crippen molar-refractivity contribution >= 4 is 40.3 Å². The van der Waals surface area contributed by atoms with Crippen LogP contribution in [0.3, 0.4) is 0 Å². The Labute approximate surface area is 282 Å². The molecule has 0 bridgehead atoms. The minimum atomic E-state index is -1.02. The van der Waals surface area contributed by atoms with Gasteiger partial charge in [0.1, 0.15) is 41.4 Å². The monoisotopic (exact) mass is 673 g/mol. The maximum atomic E-state index is 15.7. The number of amides is 1. The number of piperazine rings is 1. The van der Waals surface area contributed by atoms with Gasteiger partial charge in [0.05, 0.1) is 30.1 Å². The Morgan fingerprint density at radius 2 is 1.85 bits per heavy atom. The number of nitrogens with two attached hydrogens (primary N) is 1. The number of benzene rings is 2. The predicted molar refractivity (Wildman–Crippen MR) is 185 cm³/mol. The first-order chi connectivity index (χ1) is 23.1. The van der Waals surface area contributed by atoms with Crippen LogP contribution < -0.4 is 10.5 Å². The third-order valence-electron chi connectivity index (χ3n) is 9.05. The largest absolute Gasteiger partial charge is 0.598 e. The van der Waals surface area contributed by atoms with Gasteiger partial charge in [-0.1, -0.05) is 24.3 Å². The molecule has 4 heterocycles. The zero-order valence-electron chi connectivity index (χ0n) is 27.3. The summed E-state index contributed by atoms with van der Waals surface area (Å²) in [6, 6.07) is 13.5. The van der Waals surface area contributed by atoms with Crippen LogP contribution in [0.15, 0.2) is 66.5 Å². The highest BCUT2D eigenvalue weighted by atomic mass is 32.2. The number of fused-ring (bicyclic) bond motifs is 1. The molecule has 2 saturated heterocycles. The first-order valence-electron chi connectivity index (χ1n) is 15.9. The van der Waals surface area contributed by atoms with E-state index in [1.807, 2.05) is 42.4 Å². The van der Waals surface area contributed by atoms with Gasteiger partial charge >= 0.3 is 0 Å². The average Bonchev–Trinajstić information content (AvgIpc) is 3.48. The number of likely N-dealkylation sites (tertiary alicyclic amines) is 1. The van der Waals surface area contributed by atoms with Gasteiger partial charge < -0.3 is 25.3 Å². The number of para-hydroxylation sites is 1. The number of hydrogen-bond donors (Lipinski definition) is 2. The third-order valence-corrected chi connectivity index (χ3v) is 10.1. The summed E-state index contributed by atoms with van der Waals surface area (Å²) in [6.45, 7) is 7.68. The number of ether oxygens (including phenoxy) is 1. The second-order valence-electron chi connectivity index (χ2n) is 12.6. The van der Waals surface area contributed by atoms with Crippen LogP contribution in [0.1, 0.15) is 32.7 Å². The fourth-order valence-electron chi connectivity index (χ4n) is 6.49. The van der Waals surface area contributed by atoms with Crippen molar-refractivity contribution in [2.75, 3.05) is 51.3 Å². The lowest BCUT2D eigenvalue weighted by Gasteiger charge is -2.42. The Bertz CT molecular complexity index is 1820. The molecule has 14 heteroatoms. The van der Waals surface area contributed by atoms with Gasteiger partial charge in [0.15, 0.2) is 5.65 Å². The number of anilines is 1. The quantitative estimate of drug-likeness (QED) is 0.149. The maximum Gasteiger partial charge on any atom is 0.255 e. The van der Waals surface area contributed by atoms with Crippen molar-refractivity contribution in [3.8, 4) is 22.8 Å². The number of nitrogen functional groups attached to an aromatic ring is 1. The molecule has 1 amide bonds.